The maximum atomic E-state index is 12.8. The lowest BCUT2D eigenvalue weighted by molar-refractivity contribution is -0.132. The van der Waals surface area contributed by atoms with Gasteiger partial charge in [-0.2, -0.15) is 0 Å². The summed E-state index contributed by atoms with van der Waals surface area (Å²) >= 11 is 0. The van der Waals surface area contributed by atoms with E-state index in [0.29, 0.717) is 29.5 Å². The molecule has 1 heterocycles. The average Bonchev–Trinajstić information content (AvgIpc) is 3.36. The van der Waals surface area contributed by atoms with Crippen LogP contribution in [0, 0.1) is 5.92 Å². The monoisotopic (exact) mass is 477 g/mol. The Bertz CT molecular complexity index is 1110. The fourth-order valence-corrected chi connectivity index (χ4v) is 5.15. The number of benzene rings is 2. The van der Waals surface area contributed by atoms with Crippen molar-refractivity contribution >= 4 is 17.6 Å². The number of amides is 1. The van der Waals surface area contributed by atoms with Crippen LogP contribution in [0.15, 0.2) is 48.6 Å². The summed E-state index contributed by atoms with van der Waals surface area (Å²) in [7, 11) is 1.57. The quantitative estimate of drug-likeness (QED) is 0.314. The normalized spacial score (nSPS) is 20.1. The molecule has 0 saturated heterocycles. The Hall–Kier alpha value is -3.32. The highest BCUT2D eigenvalue weighted by atomic mass is 16.6. The van der Waals surface area contributed by atoms with Crippen molar-refractivity contribution in [3.05, 3.63) is 65.2 Å². The van der Waals surface area contributed by atoms with E-state index < -0.39 is 0 Å². The van der Waals surface area contributed by atoms with Gasteiger partial charge in [0.1, 0.15) is 0 Å². The molecule has 35 heavy (non-hydrogen) atoms. The zero-order chi connectivity index (χ0) is 24.9. The minimum Gasteiger partial charge on any atom is -0.493 e. The number of ether oxygens (including phenoxy) is 2. The molecule has 0 radical (unpaired) electrons. The maximum absolute atomic E-state index is 12.8. The number of fused-ring (bicyclic) bond motifs is 3. The first kappa shape index (κ1) is 24.8. The summed E-state index contributed by atoms with van der Waals surface area (Å²) in [5, 5.41) is 6.76. The number of nitrogens with one attached hydrogen (secondary N) is 2. The molecule has 0 bridgehead atoms. The lowest BCUT2D eigenvalue weighted by atomic mass is 9.76. The predicted octanol–water partition coefficient (Wildman–Crippen LogP) is 4.52. The standard InChI is InChI=1S/C28H35N3O4/c1-5-31(6-2)15-14-29-28(33)20-10-12-24-23(16-20)21-8-7-9-22(21)27(30-24)19-11-13-25(35-18(3)32)26(17-19)34-4/h7-8,10-13,16-17,21-22,27,30H,5-6,9,14-15H2,1-4H3,(H,29,33). The molecule has 4 rings (SSSR count). The van der Waals surface area contributed by atoms with Gasteiger partial charge in [0.15, 0.2) is 11.5 Å². The fourth-order valence-electron chi connectivity index (χ4n) is 5.15. The van der Waals surface area contributed by atoms with Crippen LogP contribution in [-0.4, -0.2) is 50.1 Å². The van der Waals surface area contributed by atoms with Gasteiger partial charge < -0.3 is 25.0 Å². The number of carbonyl (C=O) groups excluding carboxylic acids is 2. The smallest absolute Gasteiger partial charge is 0.308 e. The molecule has 0 saturated carbocycles. The molecule has 1 aliphatic carbocycles. The zero-order valence-electron chi connectivity index (χ0n) is 21.0. The van der Waals surface area contributed by atoms with Crippen LogP contribution in [0.3, 0.4) is 0 Å². The van der Waals surface area contributed by atoms with Gasteiger partial charge in [-0.05, 0) is 66.9 Å². The topological polar surface area (TPSA) is 79.9 Å². The van der Waals surface area contributed by atoms with E-state index in [4.69, 9.17) is 9.47 Å². The number of hydrogen-bond donors (Lipinski definition) is 2. The van der Waals surface area contributed by atoms with Gasteiger partial charge >= 0.3 is 5.97 Å². The molecule has 1 amide bonds. The van der Waals surface area contributed by atoms with Crippen molar-refractivity contribution in [3.63, 3.8) is 0 Å². The summed E-state index contributed by atoms with van der Waals surface area (Å²) in [5.41, 5.74) is 3.95. The number of allylic oxidation sites excluding steroid dienone is 2. The molecule has 0 fully saturated rings. The molecule has 7 heteroatoms. The van der Waals surface area contributed by atoms with Crippen molar-refractivity contribution in [3.8, 4) is 11.5 Å². The zero-order valence-corrected chi connectivity index (χ0v) is 21.0. The molecule has 3 atom stereocenters. The van der Waals surface area contributed by atoms with E-state index in [-0.39, 0.29) is 23.8 Å². The van der Waals surface area contributed by atoms with Crippen LogP contribution in [0.4, 0.5) is 5.69 Å². The second kappa shape index (κ2) is 11.0. The van der Waals surface area contributed by atoms with Gasteiger partial charge in [-0.15, -0.1) is 0 Å². The maximum Gasteiger partial charge on any atom is 0.308 e. The van der Waals surface area contributed by atoms with Crippen molar-refractivity contribution in [2.45, 2.75) is 39.2 Å². The van der Waals surface area contributed by atoms with Gasteiger partial charge in [-0.3, -0.25) is 9.59 Å². The number of nitrogens with zero attached hydrogens (tertiary/aromatic N) is 1. The number of likely N-dealkylation sites (N-methyl/N-ethyl adjacent to an activating group) is 1. The Morgan fingerprint density at radius 1 is 1.11 bits per heavy atom. The van der Waals surface area contributed by atoms with Gasteiger partial charge in [-0.1, -0.05) is 32.1 Å². The van der Waals surface area contributed by atoms with E-state index in [1.807, 2.05) is 30.3 Å². The first-order chi connectivity index (χ1) is 16.9. The molecule has 0 spiro atoms. The first-order valence-electron chi connectivity index (χ1n) is 12.4. The molecular weight excluding hydrogens is 442 g/mol. The van der Waals surface area contributed by atoms with E-state index in [2.05, 4.69) is 41.5 Å². The molecule has 2 aromatic carbocycles. The lowest BCUT2D eigenvalue weighted by Gasteiger charge is -2.38. The van der Waals surface area contributed by atoms with E-state index in [1.165, 1.54) is 6.92 Å². The number of hydrogen-bond acceptors (Lipinski definition) is 6. The molecule has 2 aliphatic rings. The molecule has 1 aliphatic heterocycles. The van der Waals surface area contributed by atoms with Crippen LogP contribution in [0.5, 0.6) is 11.5 Å². The number of methoxy groups -OCH3 is 1. The second-order valence-electron chi connectivity index (χ2n) is 9.06. The highest BCUT2D eigenvalue weighted by Crippen LogP contribution is 2.50. The van der Waals surface area contributed by atoms with E-state index in [9.17, 15) is 9.59 Å². The van der Waals surface area contributed by atoms with Crippen molar-refractivity contribution in [1.82, 2.24) is 10.2 Å². The first-order valence-corrected chi connectivity index (χ1v) is 12.4. The largest absolute Gasteiger partial charge is 0.493 e. The Morgan fingerprint density at radius 2 is 1.91 bits per heavy atom. The van der Waals surface area contributed by atoms with Crippen LogP contribution >= 0.6 is 0 Å². The average molecular weight is 478 g/mol. The van der Waals surface area contributed by atoms with Crippen molar-refractivity contribution in [1.29, 1.82) is 0 Å². The van der Waals surface area contributed by atoms with Crippen LogP contribution in [0.25, 0.3) is 0 Å². The molecule has 2 aromatic rings. The molecule has 2 N–H and O–H groups in total. The van der Waals surface area contributed by atoms with Crippen LogP contribution in [-0.2, 0) is 4.79 Å². The summed E-state index contributed by atoms with van der Waals surface area (Å²) in [6, 6.07) is 11.7. The summed E-state index contributed by atoms with van der Waals surface area (Å²) in [6.07, 6.45) is 5.42. The minimum absolute atomic E-state index is 0.0357. The number of esters is 1. The van der Waals surface area contributed by atoms with Gasteiger partial charge in [0.2, 0.25) is 0 Å². The molecule has 3 unspecified atom stereocenters. The van der Waals surface area contributed by atoms with E-state index >= 15 is 0 Å². The van der Waals surface area contributed by atoms with Crippen LogP contribution in [0.2, 0.25) is 0 Å². The summed E-state index contributed by atoms with van der Waals surface area (Å²) in [6.45, 7) is 9.07. The number of anilines is 1. The fraction of sp³-hybridized carbons (Fsp3) is 0.429. The number of carbonyl (C=O) groups is 2. The van der Waals surface area contributed by atoms with Crippen LogP contribution in [0.1, 0.15) is 60.6 Å². The number of rotatable bonds is 9. The molecule has 186 valence electrons. The minimum atomic E-state index is -0.381. The van der Waals surface area contributed by atoms with Crippen molar-refractivity contribution < 1.29 is 19.1 Å². The molecular formula is C28H35N3O4. The van der Waals surface area contributed by atoms with Crippen LogP contribution < -0.4 is 20.1 Å². The van der Waals surface area contributed by atoms with Gasteiger partial charge in [0, 0.05) is 37.2 Å². The third-order valence-electron chi connectivity index (χ3n) is 7.03. The Kier molecular flexibility index (Phi) is 7.76. The highest BCUT2D eigenvalue weighted by Gasteiger charge is 2.38. The summed E-state index contributed by atoms with van der Waals surface area (Å²) in [5.74, 6) is 1.06. The van der Waals surface area contributed by atoms with E-state index in [1.54, 1.807) is 13.2 Å². The van der Waals surface area contributed by atoms with Crippen molar-refractivity contribution in [2.75, 3.05) is 38.6 Å². The Labute approximate surface area is 207 Å². The summed E-state index contributed by atoms with van der Waals surface area (Å²) < 4.78 is 10.8. The van der Waals surface area contributed by atoms with Crippen molar-refractivity contribution in [2.24, 2.45) is 5.92 Å². The SMILES string of the molecule is CCN(CC)CCNC(=O)c1ccc2c(c1)C1C=CCC1C(c1ccc(OC(C)=O)c(OC)c1)N2. The Morgan fingerprint density at radius 3 is 2.63 bits per heavy atom. The molecule has 0 aromatic heterocycles. The summed E-state index contributed by atoms with van der Waals surface area (Å²) in [4.78, 5) is 26.5. The predicted molar refractivity (Wildman–Crippen MR) is 137 cm³/mol. The van der Waals surface area contributed by atoms with Gasteiger partial charge in [0.25, 0.3) is 5.91 Å². The third-order valence-corrected chi connectivity index (χ3v) is 7.03. The lowest BCUT2D eigenvalue weighted by Crippen LogP contribution is -2.35. The van der Waals surface area contributed by atoms with E-state index in [0.717, 1.165) is 42.9 Å². The van der Waals surface area contributed by atoms with Gasteiger partial charge in [-0.25, -0.2) is 0 Å². The molecule has 7 nitrogen and oxygen atoms in total. The van der Waals surface area contributed by atoms with Gasteiger partial charge in [0.05, 0.1) is 13.2 Å². The Balaban J connectivity index is 1.54. The highest BCUT2D eigenvalue weighted by molar-refractivity contribution is 5.95. The third kappa shape index (κ3) is 5.35. The second-order valence-corrected chi connectivity index (χ2v) is 9.06.